The summed E-state index contributed by atoms with van der Waals surface area (Å²) >= 11 is 0. The van der Waals surface area contributed by atoms with Crippen LogP contribution in [-0.4, -0.2) is 15.0 Å². The summed E-state index contributed by atoms with van der Waals surface area (Å²) < 4.78 is 13.3. The number of benzene rings is 9. The number of allylic oxidation sites excluding steroid dienone is 1. The third-order valence-corrected chi connectivity index (χ3v) is 12.6. The molecule has 13 rings (SSSR count). The monoisotopic (exact) mass is 793 g/mol. The van der Waals surface area contributed by atoms with Gasteiger partial charge in [-0.25, -0.2) is 15.0 Å². The summed E-state index contributed by atoms with van der Waals surface area (Å²) in [5, 5.41) is 9.06. The maximum absolute atomic E-state index is 6.79. The van der Waals surface area contributed by atoms with Gasteiger partial charge in [-0.3, -0.25) is 0 Å². The van der Waals surface area contributed by atoms with Crippen molar-refractivity contribution in [3.8, 4) is 45.0 Å². The molecule has 0 saturated heterocycles. The fourth-order valence-corrected chi connectivity index (χ4v) is 9.59. The number of hydrogen-bond acceptors (Lipinski definition) is 5. The minimum Gasteiger partial charge on any atom is -0.455 e. The fourth-order valence-electron chi connectivity index (χ4n) is 9.59. The molecule has 3 aromatic heterocycles. The van der Waals surface area contributed by atoms with Crippen molar-refractivity contribution in [1.29, 1.82) is 0 Å². The van der Waals surface area contributed by atoms with Gasteiger partial charge in [0.1, 0.15) is 22.3 Å². The zero-order valence-electron chi connectivity index (χ0n) is 33.5. The van der Waals surface area contributed by atoms with E-state index in [9.17, 15) is 0 Å². The molecule has 0 N–H and O–H groups in total. The summed E-state index contributed by atoms with van der Waals surface area (Å²) in [6, 6.07) is 63.9. The molecule has 0 amide bonds. The SMILES string of the molecule is C1=C(c2nc(-c3cccc(-c4ccc(-c5cccc6c5oc5ccccc56)c5oc6ccccc6c45)c3)nc(-c3ccc4ccc5ccccc5c4c3)n2)CCc2ccccc21. The number of para-hydroxylation sites is 3. The molecule has 0 fully saturated rings. The molecule has 1 aliphatic carbocycles. The summed E-state index contributed by atoms with van der Waals surface area (Å²) in [5.74, 6) is 1.98. The number of rotatable bonds is 5. The molecular formula is C57H35N3O2. The van der Waals surface area contributed by atoms with E-state index < -0.39 is 0 Å². The number of fused-ring (bicyclic) bond motifs is 10. The van der Waals surface area contributed by atoms with Gasteiger partial charge in [-0.2, -0.15) is 0 Å². The molecule has 0 unspecified atom stereocenters. The first-order valence-corrected chi connectivity index (χ1v) is 21.1. The van der Waals surface area contributed by atoms with Gasteiger partial charge in [0, 0.05) is 43.8 Å². The van der Waals surface area contributed by atoms with Gasteiger partial charge in [-0.15, -0.1) is 0 Å². The van der Waals surface area contributed by atoms with Crippen molar-refractivity contribution in [2.24, 2.45) is 0 Å². The van der Waals surface area contributed by atoms with Crippen LogP contribution in [0.3, 0.4) is 0 Å². The highest BCUT2D eigenvalue weighted by Crippen LogP contribution is 2.45. The number of aryl methyl sites for hydroxylation is 1. The molecule has 0 saturated carbocycles. The van der Waals surface area contributed by atoms with Crippen LogP contribution < -0.4 is 0 Å². The van der Waals surface area contributed by atoms with E-state index in [1.807, 2.05) is 24.3 Å². The van der Waals surface area contributed by atoms with E-state index in [0.717, 1.165) is 95.7 Å². The van der Waals surface area contributed by atoms with Gasteiger partial charge in [-0.1, -0.05) is 152 Å². The molecule has 0 aliphatic heterocycles. The molecule has 290 valence electrons. The standard InChI is InChI=1S/C57H35N3O2/c1-2-13-37-31-40(27-23-34(37)11-1)56-58-55(59-57(60-56)41-28-26-36-25-24-35-12-3-4-16-42(35)49(36)33-41)39-15-9-14-38(32-39)43-29-30-47(54-52(43)48-18-6-8-22-51(48)62-54)46-20-10-19-45-44-17-5-7-21-50(44)61-53(45)46/h1-22,24-26,28-33H,23,27H2. The number of hydrogen-bond donors (Lipinski definition) is 0. The highest BCUT2D eigenvalue weighted by molar-refractivity contribution is 6.19. The van der Waals surface area contributed by atoms with Crippen LogP contribution in [0.5, 0.6) is 0 Å². The van der Waals surface area contributed by atoms with Gasteiger partial charge < -0.3 is 8.83 Å². The van der Waals surface area contributed by atoms with Crippen molar-refractivity contribution in [2.75, 3.05) is 0 Å². The molecule has 62 heavy (non-hydrogen) atoms. The topological polar surface area (TPSA) is 65.0 Å². The lowest BCUT2D eigenvalue weighted by atomic mass is 9.92. The van der Waals surface area contributed by atoms with E-state index in [-0.39, 0.29) is 0 Å². The Bertz CT molecular complexity index is 3830. The second-order valence-corrected chi connectivity index (χ2v) is 16.2. The molecule has 0 spiro atoms. The van der Waals surface area contributed by atoms with Crippen LogP contribution in [0.2, 0.25) is 0 Å². The van der Waals surface area contributed by atoms with Crippen LogP contribution in [0.15, 0.2) is 191 Å². The Kier molecular flexibility index (Phi) is 7.66. The third kappa shape index (κ3) is 5.52. The second-order valence-electron chi connectivity index (χ2n) is 16.2. The smallest absolute Gasteiger partial charge is 0.164 e. The Balaban J connectivity index is 0.992. The number of nitrogens with zero attached hydrogens (tertiary/aromatic N) is 3. The van der Waals surface area contributed by atoms with Crippen LogP contribution >= 0.6 is 0 Å². The Hall–Kier alpha value is -8.15. The van der Waals surface area contributed by atoms with Crippen molar-refractivity contribution in [2.45, 2.75) is 12.8 Å². The predicted octanol–water partition coefficient (Wildman–Crippen LogP) is 15.1. The first kappa shape index (κ1) is 34.7. The van der Waals surface area contributed by atoms with Crippen molar-refractivity contribution in [3.63, 3.8) is 0 Å². The Morgan fingerprint density at radius 2 is 0.984 bits per heavy atom. The van der Waals surface area contributed by atoms with Crippen molar-refractivity contribution in [3.05, 3.63) is 199 Å². The molecule has 0 atom stereocenters. The normalized spacial score (nSPS) is 12.8. The molecule has 5 heteroatoms. The van der Waals surface area contributed by atoms with Gasteiger partial charge in [0.15, 0.2) is 17.5 Å². The average Bonchev–Trinajstić information content (AvgIpc) is 3.93. The summed E-state index contributed by atoms with van der Waals surface area (Å²) in [6.07, 6.45) is 4.04. The van der Waals surface area contributed by atoms with Crippen molar-refractivity contribution < 1.29 is 8.83 Å². The van der Waals surface area contributed by atoms with E-state index in [1.54, 1.807) is 0 Å². The first-order valence-electron chi connectivity index (χ1n) is 21.1. The van der Waals surface area contributed by atoms with E-state index in [1.165, 1.54) is 32.7 Å². The van der Waals surface area contributed by atoms with E-state index in [4.69, 9.17) is 23.8 Å². The van der Waals surface area contributed by atoms with Gasteiger partial charge >= 0.3 is 0 Å². The van der Waals surface area contributed by atoms with Gasteiger partial charge in [0.2, 0.25) is 0 Å². The van der Waals surface area contributed by atoms with E-state index >= 15 is 0 Å². The second kappa shape index (κ2) is 13.7. The van der Waals surface area contributed by atoms with Crippen molar-refractivity contribution in [1.82, 2.24) is 15.0 Å². The lowest BCUT2D eigenvalue weighted by Crippen LogP contribution is -2.06. The summed E-state index contributed by atoms with van der Waals surface area (Å²) in [4.78, 5) is 15.7. The molecule has 0 radical (unpaired) electrons. The van der Waals surface area contributed by atoms with E-state index in [0.29, 0.717) is 17.5 Å². The van der Waals surface area contributed by atoms with Crippen LogP contribution in [0.4, 0.5) is 0 Å². The summed E-state index contributed by atoms with van der Waals surface area (Å²) in [7, 11) is 0. The third-order valence-electron chi connectivity index (χ3n) is 12.6. The van der Waals surface area contributed by atoms with Gasteiger partial charge in [0.25, 0.3) is 0 Å². The lowest BCUT2D eigenvalue weighted by Gasteiger charge is -2.17. The van der Waals surface area contributed by atoms with Crippen LogP contribution in [0.25, 0.3) is 122 Å². The Labute approximate surface area is 356 Å². The lowest BCUT2D eigenvalue weighted by molar-refractivity contribution is 0.665. The molecule has 0 bridgehead atoms. The zero-order valence-corrected chi connectivity index (χ0v) is 33.5. The highest BCUT2D eigenvalue weighted by Gasteiger charge is 2.22. The minimum atomic E-state index is 0.631. The fraction of sp³-hybridized carbons (Fsp3) is 0.0351. The molecule has 5 nitrogen and oxygen atoms in total. The molecule has 12 aromatic rings. The number of aromatic nitrogens is 3. The Morgan fingerprint density at radius 3 is 1.87 bits per heavy atom. The number of furan rings is 2. The van der Waals surface area contributed by atoms with Crippen LogP contribution in [0.1, 0.15) is 23.4 Å². The maximum atomic E-state index is 6.79. The highest BCUT2D eigenvalue weighted by atomic mass is 16.3. The van der Waals surface area contributed by atoms with Gasteiger partial charge in [0.05, 0.1) is 0 Å². The molecular weight excluding hydrogens is 759 g/mol. The predicted molar refractivity (Wildman–Crippen MR) is 254 cm³/mol. The summed E-state index contributed by atoms with van der Waals surface area (Å²) in [6.45, 7) is 0. The van der Waals surface area contributed by atoms with E-state index in [2.05, 4.69) is 164 Å². The zero-order chi connectivity index (χ0) is 40.7. The average molecular weight is 794 g/mol. The quantitative estimate of drug-likeness (QED) is 0.162. The molecule has 9 aromatic carbocycles. The summed E-state index contributed by atoms with van der Waals surface area (Å²) in [5.41, 5.74) is 13.0. The van der Waals surface area contributed by atoms with Crippen molar-refractivity contribution >= 4 is 77.1 Å². The molecule has 3 heterocycles. The first-order chi connectivity index (χ1) is 30.7. The van der Waals surface area contributed by atoms with Gasteiger partial charge in [-0.05, 0) is 98.6 Å². The minimum absolute atomic E-state index is 0.631. The van der Waals surface area contributed by atoms with Crippen LogP contribution in [-0.2, 0) is 6.42 Å². The largest absolute Gasteiger partial charge is 0.455 e. The van der Waals surface area contributed by atoms with Crippen LogP contribution in [0, 0.1) is 0 Å². The Morgan fingerprint density at radius 1 is 0.371 bits per heavy atom. The molecule has 1 aliphatic rings. The maximum Gasteiger partial charge on any atom is 0.164 e.